The minimum Gasteiger partial charge on any atom is -0.493 e. The van der Waals surface area contributed by atoms with Gasteiger partial charge in [-0.05, 0) is 43.3 Å². The molecule has 0 aliphatic carbocycles. The van der Waals surface area contributed by atoms with Crippen LogP contribution in [-0.2, 0) is 0 Å². The lowest BCUT2D eigenvalue weighted by atomic mass is 10.0. The lowest BCUT2D eigenvalue weighted by Gasteiger charge is -2.10. The van der Waals surface area contributed by atoms with E-state index in [1.54, 1.807) is 18.2 Å². The van der Waals surface area contributed by atoms with Gasteiger partial charge in [-0.3, -0.25) is 4.79 Å². The van der Waals surface area contributed by atoms with E-state index in [9.17, 15) is 9.18 Å². The zero-order chi connectivity index (χ0) is 14.7. The quantitative estimate of drug-likeness (QED) is 0.681. The van der Waals surface area contributed by atoms with Gasteiger partial charge in [0.1, 0.15) is 11.6 Å². The highest BCUT2D eigenvalue weighted by molar-refractivity contribution is 9.10. The lowest BCUT2D eigenvalue weighted by molar-refractivity contribution is 0.103. The molecule has 0 aliphatic heterocycles. The normalized spacial score (nSPS) is 10.3. The molecule has 0 bridgehead atoms. The van der Waals surface area contributed by atoms with Crippen LogP contribution in [0.15, 0.2) is 40.9 Å². The van der Waals surface area contributed by atoms with Gasteiger partial charge < -0.3 is 10.5 Å². The van der Waals surface area contributed by atoms with Crippen molar-refractivity contribution in [3.8, 4) is 5.75 Å². The van der Waals surface area contributed by atoms with Crippen molar-refractivity contribution >= 4 is 27.4 Å². The van der Waals surface area contributed by atoms with Crippen molar-refractivity contribution in [2.24, 2.45) is 0 Å². The summed E-state index contributed by atoms with van der Waals surface area (Å²) < 4.78 is 19.4. The second kappa shape index (κ2) is 6.05. The van der Waals surface area contributed by atoms with Gasteiger partial charge in [0.25, 0.3) is 0 Å². The van der Waals surface area contributed by atoms with E-state index in [1.165, 1.54) is 18.2 Å². The smallest absolute Gasteiger partial charge is 0.196 e. The third-order valence-electron chi connectivity index (χ3n) is 2.74. The van der Waals surface area contributed by atoms with Crippen LogP contribution < -0.4 is 10.5 Å². The minimum absolute atomic E-state index is 0.0520. The maximum Gasteiger partial charge on any atom is 0.196 e. The van der Waals surface area contributed by atoms with Gasteiger partial charge in [-0.25, -0.2) is 4.39 Å². The molecule has 0 unspecified atom stereocenters. The summed E-state index contributed by atoms with van der Waals surface area (Å²) in [7, 11) is 0. The van der Waals surface area contributed by atoms with Crippen LogP contribution in [0.5, 0.6) is 5.75 Å². The van der Waals surface area contributed by atoms with Gasteiger partial charge in [-0.15, -0.1) is 0 Å². The third kappa shape index (κ3) is 2.99. The van der Waals surface area contributed by atoms with Gasteiger partial charge >= 0.3 is 0 Å². The van der Waals surface area contributed by atoms with E-state index in [1.807, 2.05) is 6.92 Å². The molecule has 0 aliphatic rings. The van der Waals surface area contributed by atoms with Crippen molar-refractivity contribution in [2.75, 3.05) is 12.3 Å². The monoisotopic (exact) mass is 337 g/mol. The molecule has 2 aromatic carbocycles. The first kappa shape index (κ1) is 14.5. The van der Waals surface area contributed by atoms with E-state index in [4.69, 9.17) is 10.5 Å². The molecule has 2 aromatic rings. The van der Waals surface area contributed by atoms with Crippen molar-refractivity contribution in [3.05, 3.63) is 57.8 Å². The molecule has 0 saturated heterocycles. The van der Waals surface area contributed by atoms with Gasteiger partial charge in [-0.1, -0.05) is 15.9 Å². The minimum atomic E-state index is -0.541. The molecule has 0 spiro atoms. The number of hydrogen-bond donors (Lipinski definition) is 1. The van der Waals surface area contributed by atoms with E-state index in [2.05, 4.69) is 15.9 Å². The van der Waals surface area contributed by atoms with Crippen molar-refractivity contribution in [2.45, 2.75) is 6.92 Å². The first-order valence-electron chi connectivity index (χ1n) is 6.05. The molecular weight excluding hydrogens is 325 g/mol. The molecule has 2 N–H and O–H groups in total. The fourth-order valence-corrected chi connectivity index (χ4v) is 2.16. The van der Waals surface area contributed by atoms with E-state index in [0.29, 0.717) is 23.5 Å². The Balaban J connectivity index is 2.46. The molecule has 0 radical (unpaired) electrons. The zero-order valence-corrected chi connectivity index (χ0v) is 12.4. The van der Waals surface area contributed by atoms with Gasteiger partial charge in [0.2, 0.25) is 0 Å². The number of hydrogen-bond acceptors (Lipinski definition) is 3. The maximum atomic E-state index is 13.2. The maximum absolute atomic E-state index is 13.2. The number of nitrogens with two attached hydrogens (primary N) is 1. The summed E-state index contributed by atoms with van der Waals surface area (Å²) in [6.45, 7) is 2.29. The van der Waals surface area contributed by atoms with Crippen molar-refractivity contribution in [3.63, 3.8) is 0 Å². The number of benzene rings is 2. The molecule has 5 heteroatoms. The highest BCUT2D eigenvalue weighted by Gasteiger charge is 2.16. The predicted octanol–water partition coefficient (Wildman–Crippen LogP) is 3.80. The Morgan fingerprint density at radius 2 is 2.05 bits per heavy atom. The molecule has 0 heterocycles. The first-order valence-corrected chi connectivity index (χ1v) is 6.84. The zero-order valence-electron chi connectivity index (χ0n) is 10.8. The SMILES string of the molecule is CCOc1ccc(Br)cc1C(=O)c1ccc(F)c(N)c1. The molecule has 0 amide bonds. The molecule has 104 valence electrons. The highest BCUT2D eigenvalue weighted by atomic mass is 79.9. The number of rotatable bonds is 4. The number of halogens is 2. The largest absolute Gasteiger partial charge is 0.493 e. The summed E-state index contributed by atoms with van der Waals surface area (Å²) in [5.74, 6) is -0.314. The van der Waals surface area contributed by atoms with Gasteiger partial charge in [-0.2, -0.15) is 0 Å². The fourth-order valence-electron chi connectivity index (χ4n) is 1.80. The van der Waals surface area contributed by atoms with Crippen molar-refractivity contribution < 1.29 is 13.9 Å². The molecule has 20 heavy (non-hydrogen) atoms. The molecule has 0 atom stereocenters. The summed E-state index contributed by atoms with van der Waals surface area (Å²) in [4.78, 5) is 12.5. The number of carbonyl (C=O) groups excluding carboxylic acids is 1. The second-order valence-electron chi connectivity index (χ2n) is 4.14. The Morgan fingerprint density at radius 3 is 2.70 bits per heavy atom. The van der Waals surface area contributed by atoms with Crippen LogP contribution in [-0.4, -0.2) is 12.4 Å². The Kier molecular flexibility index (Phi) is 4.39. The molecular formula is C15H13BrFNO2. The Labute approximate surface area is 124 Å². The fraction of sp³-hybridized carbons (Fsp3) is 0.133. The number of ether oxygens (including phenoxy) is 1. The average molecular weight is 338 g/mol. The first-order chi connectivity index (χ1) is 9.52. The summed E-state index contributed by atoms with van der Waals surface area (Å²) in [5, 5.41) is 0. The molecule has 3 nitrogen and oxygen atoms in total. The lowest BCUT2D eigenvalue weighted by Crippen LogP contribution is -2.06. The summed E-state index contributed by atoms with van der Waals surface area (Å²) in [5.41, 5.74) is 6.18. The van der Waals surface area contributed by atoms with Crippen LogP contribution in [0.4, 0.5) is 10.1 Å². The predicted molar refractivity (Wildman–Crippen MR) is 79.6 cm³/mol. The van der Waals surface area contributed by atoms with Gasteiger partial charge in [0.15, 0.2) is 5.78 Å². The van der Waals surface area contributed by atoms with Crippen LogP contribution in [0, 0.1) is 5.82 Å². The number of ketones is 1. The molecule has 0 aromatic heterocycles. The molecule has 2 rings (SSSR count). The van der Waals surface area contributed by atoms with Crippen LogP contribution in [0.3, 0.4) is 0 Å². The van der Waals surface area contributed by atoms with Crippen LogP contribution >= 0.6 is 15.9 Å². The van der Waals surface area contributed by atoms with Gasteiger partial charge in [0.05, 0.1) is 17.9 Å². The Morgan fingerprint density at radius 1 is 1.30 bits per heavy atom. The number of nitrogen functional groups attached to an aromatic ring is 1. The Bertz CT molecular complexity index is 658. The standard InChI is InChI=1S/C15H13BrFNO2/c1-2-20-14-6-4-10(16)8-11(14)15(19)9-3-5-12(17)13(18)7-9/h3-8H,2,18H2,1H3. The third-order valence-corrected chi connectivity index (χ3v) is 3.24. The highest BCUT2D eigenvalue weighted by Crippen LogP contribution is 2.26. The van der Waals surface area contributed by atoms with Crippen LogP contribution in [0.25, 0.3) is 0 Å². The van der Waals surface area contributed by atoms with E-state index < -0.39 is 5.82 Å². The number of anilines is 1. The average Bonchev–Trinajstić information content (AvgIpc) is 2.43. The van der Waals surface area contributed by atoms with Crippen molar-refractivity contribution in [1.82, 2.24) is 0 Å². The van der Waals surface area contributed by atoms with E-state index in [-0.39, 0.29) is 11.5 Å². The van der Waals surface area contributed by atoms with Crippen LogP contribution in [0.2, 0.25) is 0 Å². The van der Waals surface area contributed by atoms with Gasteiger partial charge in [0, 0.05) is 10.0 Å². The second-order valence-corrected chi connectivity index (χ2v) is 5.05. The molecule has 0 saturated carbocycles. The van der Waals surface area contributed by atoms with E-state index >= 15 is 0 Å². The summed E-state index contributed by atoms with van der Waals surface area (Å²) in [6.07, 6.45) is 0. The topological polar surface area (TPSA) is 52.3 Å². The number of carbonyl (C=O) groups is 1. The summed E-state index contributed by atoms with van der Waals surface area (Å²) >= 11 is 3.32. The Hall–Kier alpha value is -1.88. The van der Waals surface area contributed by atoms with Crippen LogP contribution in [0.1, 0.15) is 22.8 Å². The van der Waals surface area contributed by atoms with Crippen molar-refractivity contribution in [1.29, 1.82) is 0 Å². The summed E-state index contributed by atoms with van der Waals surface area (Å²) in [6, 6.07) is 9.10. The van der Waals surface area contributed by atoms with E-state index in [0.717, 1.165) is 4.47 Å². The molecule has 0 fully saturated rings.